The Labute approximate surface area is 238 Å². The molecule has 1 aromatic heterocycles. The van der Waals surface area contributed by atoms with E-state index >= 15 is 0 Å². The van der Waals surface area contributed by atoms with Crippen LogP contribution in [0.3, 0.4) is 0 Å². The van der Waals surface area contributed by atoms with Crippen molar-refractivity contribution in [1.82, 2.24) is 24.5 Å². The smallest absolute Gasteiger partial charge is 0.416 e. The highest BCUT2D eigenvalue weighted by Crippen LogP contribution is 2.45. The maximum absolute atomic E-state index is 13.9. The van der Waals surface area contributed by atoms with Crippen LogP contribution >= 0.6 is 0 Å². The molecule has 4 aliphatic rings. The molecule has 41 heavy (non-hydrogen) atoms. The average molecular weight is 574 g/mol. The quantitative estimate of drug-likeness (QED) is 0.464. The van der Waals surface area contributed by atoms with Gasteiger partial charge in [-0.2, -0.15) is 18.3 Å². The zero-order valence-corrected chi connectivity index (χ0v) is 23.5. The standard InChI is InChI=1S/C30H38F3N5O3/c1-35-15-12-22(13-16-35)41-29(40)36-17-10-21(11-18-36)38-27(20-8-9-20)24(19-34-38)28(39)37-14-4-7-26(37)23-5-2-3-6-25(23)30(31,32)33/h2-3,5-6,19-22,26H,4,7-18H2,1H3. The van der Waals surface area contributed by atoms with Crippen molar-refractivity contribution >= 4 is 12.0 Å². The highest BCUT2D eigenvalue weighted by Gasteiger charge is 2.42. The molecule has 3 aliphatic heterocycles. The predicted molar refractivity (Wildman–Crippen MR) is 146 cm³/mol. The molecule has 3 saturated heterocycles. The summed E-state index contributed by atoms with van der Waals surface area (Å²) in [6.07, 6.45) is 3.06. The van der Waals surface area contributed by atoms with E-state index in [1.54, 1.807) is 22.1 Å². The Morgan fingerprint density at radius 3 is 2.32 bits per heavy atom. The van der Waals surface area contributed by atoms with Crippen LogP contribution in [0.25, 0.3) is 0 Å². The van der Waals surface area contributed by atoms with Crippen LogP contribution in [0.15, 0.2) is 30.5 Å². The maximum Gasteiger partial charge on any atom is 0.416 e. The second-order valence-corrected chi connectivity index (χ2v) is 12.0. The van der Waals surface area contributed by atoms with Gasteiger partial charge in [-0.05, 0) is 70.0 Å². The largest absolute Gasteiger partial charge is 0.446 e. The molecule has 1 aromatic carbocycles. The van der Waals surface area contributed by atoms with Crippen molar-refractivity contribution in [2.45, 2.75) is 81.6 Å². The van der Waals surface area contributed by atoms with Crippen LogP contribution in [0, 0.1) is 0 Å². The molecule has 222 valence electrons. The van der Waals surface area contributed by atoms with Crippen LogP contribution < -0.4 is 0 Å². The number of aromatic nitrogens is 2. The minimum atomic E-state index is -4.48. The molecule has 11 heteroatoms. The van der Waals surface area contributed by atoms with E-state index in [-0.39, 0.29) is 35.6 Å². The van der Waals surface area contributed by atoms with Crippen molar-refractivity contribution in [2.75, 3.05) is 39.8 Å². The van der Waals surface area contributed by atoms with E-state index < -0.39 is 17.8 Å². The Morgan fingerprint density at radius 2 is 1.63 bits per heavy atom. The van der Waals surface area contributed by atoms with E-state index in [0.29, 0.717) is 50.9 Å². The van der Waals surface area contributed by atoms with Crippen molar-refractivity contribution in [3.63, 3.8) is 0 Å². The van der Waals surface area contributed by atoms with Gasteiger partial charge < -0.3 is 19.4 Å². The highest BCUT2D eigenvalue weighted by molar-refractivity contribution is 5.96. The van der Waals surface area contributed by atoms with E-state index in [4.69, 9.17) is 4.74 Å². The van der Waals surface area contributed by atoms with E-state index in [1.165, 1.54) is 12.1 Å². The fourth-order valence-electron chi connectivity index (χ4n) is 6.74. The number of carbonyl (C=O) groups excluding carboxylic acids is 2. The Balaban J connectivity index is 1.15. The number of hydrogen-bond acceptors (Lipinski definition) is 5. The lowest BCUT2D eigenvalue weighted by atomic mass is 9.97. The number of amides is 2. The molecule has 6 rings (SSSR count). The molecule has 4 fully saturated rings. The van der Waals surface area contributed by atoms with Gasteiger partial charge in [-0.15, -0.1) is 0 Å². The van der Waals surface area contributed by atoms with Crippen molar-refractivity contribution in [3.8, 4) is 0 Å². The summed E-state index contributed by atoms with van der Waals surface area (Å²) in [7, 11) is 2.07. The van der Waals surface area contributed by atoms with Crippen molar-refractivity contribution < 1.29 is 27.5 Å². The third-order valence-corrected chi connectivity index (χ3v) is 9.17. The lowest BCUT2D eigenvalue weighted by molar-refractivity contribution is -0.138. The second kappa shape index (κ2) is 11.3. The van der Waals surface area contributed by atoms with Gasteiger partial charge in [-0.25, -0.2) is 4.79 Å². The molecular formula is C30H38F3N5O3. The number of rotatable bonds is 5. The third kappa shape index (κ3) is 5.82. The first-order chi connectivity index (χ1) is 19.7. The normalized spacial score (nSPS) is 23.3. The minimum absolute atomic E-state index is 0.0323. The summed E-state index contributed by atoms with van der Waals surface area (Å²) in [5.41, 5.74) is 0.889. The molecule has 2 amide bonds. The number of likely N-dealkylation sites (tertiary alicyclic amines) is 3. The lowest BCUT2D eigenvalue weighted by Gasteiger charge is -2.35. The zero-order chi connectivity index (χ0) is 28.7. The molecule has 1 atom stereocenters. The second-order valence-electron chi connectivity index (χ2n) is 12.0. The number of benzene rings is 1. The van der Waals surface area contributed by atoms with Crippen LogP contribution in [0.1, 0.15) is 96.5 Å². The maximum atomic E-state index is 13.9. The van der Waals surface area contributed by atoms with Gasteiger partial charge in [0.2, 0.25) is 0 Å². The average Bonchev–Trinajstić information content (AvgIpc) is 3.51. The summed E-state index contributed by atoms with van der Waals surface area (Å²) >= 11 is 0. The third-order valence-electron chi connectivity index (χ3n) is 9.17. The number of piperidine rings is 2. The Bertz CT molecular complexity index is 1260. The SMILES string of the molecule is CN1CCC(OC(=O)N2CCC(n3ncc(C(=O)N4CCCC4c4ccccc4C(F)(F)F)c3C3CC3)CC2)CC1. The first-order valence-corrected chi connectivity index (χ1v) is 14.9. The molecule has 2 aromatic rings. The summed E-state index contributed by atoms with van der Waals surface area (Å²) in [4.78, 5) is 32.3. The monoisotopic (exact) mass is 573 g/mol. The molecule has 4 heterocycles. The fraction of sp³-hybridized carbons (Fsp3) is 0.633. The fourth-order valence-corrected chi connectivity index (χ4v) is 6.74. The zero-order valence-electron chi connectivity index (χ0n) is 23.5. The number of carbonyl (C=O) groups is 2. The number of alkyl halides is 3. The summed E-state index contributed by atoms with van der Waals surface area (Å²) < 4.78 is 49.1. The molecule has 0 N–H and O–H groups in total. The van der Waals surface area contributed by atoms with Crippen LogP contribution in [0.2, 0.25) is 0 Å². The topological polar surface area (TPSA) is 70.9 Å². The molecule has 1 aliphatic carbocycles. The molecule has 1 saturated carbocycles. The number of hydrogen-bond donors (Lipinski definition) is 0. The first kappa shape index (κ1) is 28.1. The van der Waals surface area contributed by atoms with Crippen LogP contribution in [0.4, 0.5) is 18.0 Å². The summed E-state index contributed by atoms with van der Waals surface area (Å²) in [5.74, 6) is -0.0100. The molecule has 0 spiro atoms. The van der Waals surface area contributed by atoms with Crippen LogP contribution in [-0.2, 0) is 10.9 Å². The van der Waals surface area contributed by atoms with Crippen LogP contribution in [0.5, 0.6) is 0 Å². The van der Waals surface area contributed by atoms with Crippen LogP contribution in [-0.4, -0.2) is 82.4 Å². The Hall–Kier alpha value is -3.08. The first-order valence-electron chi connectivity index (χ1n) is 14.9. The van der Waals surface area contributed by atoms with Gasteiger partial charge in [0.05, 0.1) is 35.1 Å². The highest BCUT2D eigenvalue weighted by atomic mass is 19.4. The number of ether oxygens (including phenoxy) is 1. The minimum Gasteiger partial charge on any atom is -0.446 e. The molecule has 1 unspecified atom stereocenters. The molecule has 8 nitrogen and oxygen atoms in total. The summed E-state index contributed by atoms with van der Waals surface area (Å²) in [5, 5.41) is 4.67. The van der Waals surface area contributed by atoms with Crippen molar-refractivity contribution in [1.29, 1.82) is 0 Å². The lowest BCUT2D eigenvalue weighted by Crippen LogP contribution is -2.43. The van der Waals surface area contributed by atoms with Crippen molar-refractivity contribution in [2.24, 2.45) is 0 Å². The van der Waals surface area contributed by atoms with Gasteiger partial charge in [0, 0.05) is 38.6 Å². The van der Waals surface area contributed by atoms with E-state index in [1.807, 2.05) is 4.68 Å². The predicted octanol–water partition coefficient (Wildman–Crippen LogP) is 5.62. The van der Waals surface area contributed by atoms with Gasteiger partial charge in [0.25, 0.3) is 5.91 Å². The van der Waals surface area contributed by atoms with Gasteiger partial charge in [0.15, 0.2) is 0 Å². The van der Waals surface area contributed by atoms with Gasteiger partial charge in [-0.3, -0.25) is 9.48 Å². The van der Waals surface area contributed by atoms with Gasteiger partial charge in [0.1, 0.15) is 6.10 Å². The number of halogens is 3. The van der Waals surface area contributed by atoms with E-state index in [0.717, 1.165) is 50.5 Å². The van der Waals surface area contributed by atoms with E-state index in [9.17, 15) is 22.8 Å². The van der Waals surface area contributed by atoms with Crippen molar-refractivity contribution in [3.05, 3.63) is 52.8 Å². The van der Waals surface area contributed by atoms with Gasteiger partial charge >= 0.3 is 12.3 Å². The Morgan fingerprint density at radius 1 is 0.927 bits per heavy atom. The summed E-state index contributed by atoms with van der Waals surface area (Å²) in [6, 6.07) is 5.03. The van der Waals surface area contributed by atoms with Gasteiger partial charge in [-0.1, -0.05) is 18.2 Å². The summed E-state index contributed by atoms with van der Waals surface area (Å²) in [6.45, 7) is 3.40. The van der Waals surface area contributed by atoms with E-state index in [2.05, 4.69) is 17.0 Å². The molecular weight excluding hydrogens is 535 g/mol. The molecule has 0 radical (unpaired) electrons. The Kier molecular flexibility index (Phi) is 7.74. The molecule has 0 bridgehead atoms. The number of nitrogens with zero attached hydrogens (tertiary/aromatic N) is 5.